The van der Waals surface area contributed by atoms with E-state index in [4.69, 9.17) is 14.3 Å². The van der Waals surface area contributed by atoms with Crippen molar-refractivity contribution in [1.82, 2.24) is 15.8 Å². The van der Waals surface area contributed by atoms with Crippen molar-refractivity contribution in [3.05, 3.63) is 17.9 Å². The molecule has 0 radical (unpaired) electrons. The monoisotopic (exact) mass is 428 g/mol. The zero-order valence-electron chi connectivity index (χ0n) is 15.5. The average molecular weight is 428 g/mol. The zero-order chi connectivity index (χ0) is 21.4. The van der Waals surface area contributed by atoms with Gasteiger partial charge in [0.25, 0.3) is 21.8 Å². The van der Waals surface area contributed by atoms with Crippen LogP contribution in [0.1, 0.15) is 43.2 Å². The van der Waals surface area contributed by atoms with Gasteiger partial charge in [-0.05, 0) is 43.7 Å². The van der Waals surface area contributed by atoms with Gasteiger partial charge in [0.2, 0.25) is 10.9 Å². The van der Waals surface area contributed by atoms with E-state index in [-0.39, 0.29) is 0 Å². The Morgan fingerprint density at radius 2 is 2.00 bits per heavy atom. The molecule has 2 fully saturated rings. The van der Waals surface area contributed by atoms with E-state index in [0.29, 0.717) is 23.8 Å². The van der Waals surface area contributed by atoms with Crippen molar-refractivity contribution in [1.29, 1.82) is 0 Å². The first-order chi connectivity index (χ1) is 13.5. The van der Waals surface area contributed by atoms with Crippen LogP contribution in [-0.4, -0.2) is 49.4 Å². The first-order valence-electron chi connectivity index (χ1n) is 8.78. The molecule has 1 aromatic rings. The van der Waals surface area contributed by atoms with E-state index in [9.17, 15) is 27.6 Å². The molecule has 0 aromatic carbocycles. The minimum Gasteiger partial charge on any atom is -0.450 e. The summed E-state index contributed by atoms with van der Waals surface area (Å²) in [6, 6.07) is 1.22. The molecule has 158 valence electrons. The number of imide groups is 1. The number of urea groups is 1. The van der Waals surface area contributed by atoms with Gasteiger partial charge in [0.1, 0.15) is 5.54 Å². The van der Waals surface area contributed by atoms with Gasteiger partial charge in [0.05, 0.1) is 0 Å². The van der Waals surface area contributed by atoms with E-state index >= 15 is 0 Å². The average Bonchev–Trinajstić information content (AvgIpc) is 3.23. The normalized spacial score (nSPS) is 24.5. The van der Waals surface area contributed by atoms with Gasteiger partial charge in [0.15, 0.2) is 6.61 Å². The van der Waals surface area contributed by atoms with Crippen LogP contribution in [0.4, 0.5) is 4.79 Å². The van der Waals surface area contributed by atoms with Crippen molar-refractivity contribution in [2.45, 2.75) is 43.2 Å². The van der Waals surface area contributed by atoms with E-state index in [1.807, 2.05) is 0 Å². The number of esters is 1. The van der Waals surface area contributed by atoms with Gasteiger partial charge in [-0.1, -0.05) is 6.92 Å². The second-order valence-corrected chi connectivity index (χ2v) is 8.60. The Balaban J connectivity index is 1.55. The molecule has 12 nitrogen and oxygen atoms in total. The molecular weight excluding hydrogens is 408 g/mol. The van der Waals surface area contributed by atoms with Crippen molar-refractivity contribution in [3.63, 3.8) is 0 Å². The molecule has 1 aromatic heterocycles. The maximum absolute atomic E-state index is 12.6. The summed E-state index contributed by atoms with van der Waals surface area (Å²) in [4.78, 5) is 48.6. The Morgan fingerprint density at radius 1 is 1.34 bits per heavy atom. The zero-order valence-corrected chi connectivity index (χ0v) is 16.3. The fourth-order valence-electron chi connectivity index (χ4n) is 3.26. The molecule has 1 saturated carbocycles. The molecule has 1 saturated heterocycles. The molecule has 2 heterocycles. The quantitative estimate of drug-likeness (QED) is 0.419. The molecule has 29 heavy (non-hydrogen) atoms. The molecule has 0 bridgehead atoms. The van der Waals surface area contributed by atoms with Gasteiger partial charge in [-0.3, -0.25) is 15.0 Å². The molecule has 1 aliphatic heterocycles. The SMILES string of the molecule is CC1CCC2(CC1)NC(=O)N(NC(=O)COC(=O)c1ccc(S(N)(=O)=O)o1)C2=O. The lowest BCUT2D eigenvalue weighted by Crippen LogP contribution is -2.52. The Hall–Kier alpha value is -2.93. The third kappa shape index (κ3) is 4.24. The number of nitrogens with zero attached hydrogens (tertiary/aromatic N) is 1. The molecule has 4 N–H and O–H groups in total. The maximum Gasteiger partial charge on any atom is 0.374 e. The number of hydrazine groups is 1. The van der Waals surface area contributed by atoms with Gasteiger partial charge in [-0.25, -0.2) is 23.1 Å². The standard InChI is InChI=1S/C16H20N4O8S/c1-9-4-6-16(7-5-9)14(23)20(15(24)18-16)19-11(21)8-27-13(22)10-2-3-12(28-10)29(17,25)26/h2-3,9H,4-8H2,1H3,(H,18,24)(H,19,21)(H2,17,25,26). The number of carbonyl (C=O) groups excluding carboxylic acids is 4. The van der Waals surface area contributed by atoms with Crippen LogP contribution < -0.4 is 15.9 Å². The number of amides is 4. The summed E-state index contributed by atoms with van der Waals surface area (Å²) in [6.07, 6.45) is 2.50. The third-order valence-corrected chi connectivity index (χ3v) is 5.70. The van der Waals surface area contributed by atoms with Gasteiger partial charge in [-0.15, -0.1) is 0 Å². The molecular formula is C16H20N4O8S. The highest BCUT2D eigenvalue weighted by Gasteiger charge is 2.52. The smallest absolute Gasteiger partial charge is 0.374 e. The number of nitrogens with one attached hydrogen (secondary N) is 2. The second-order valence-electron chi connectivity index (χ2n) is 7.11. The van der Waals surface area contributed by atoms with Crippen LogP contribution in [0.15, 0.2) is 21.6 Å². The molecule has 0 unspecified atom stereocenters. The van der Waals surface area contributed by atoms with E-state index in [2.05, 4.69) is 17.7 Å². The second kappa shape index (κ2) is 7.48. The first kappa shape index (κ1) is 20.8. The fourth-order valence-corrected chi connectivity index (χ4v) is 3.72. The van der Waals surface area contributed by atoms with Crippen LogP contribution in [0.25, 0.3) is 0 Å². The summed E-state index contributed by atoms with van der Waals surface area (Å²) in [5.74, 6) is -2.64. The van der Waals surface area contributed by atoms with Crippen molar-refractivity contribution in [3.8, 4) is 0 Å². The van der Waals surface area contributed by atoms with E-state index in [1.165, 1.54) is 0 Å². The Labute approximate surface area is 165 Å². The van der Waals surface area contributed by atoms with E-state index in [0.717, 1.165) is 25.0 Å². The molecule has 4 amide bonds. The summed E-state index contributed by atoms with van der Waals surface area (Å²) in [5, 5.41) is 7.44. The number of hydrogen-bond donors (Lipinski definition) is 3. The lowest BCUT2D eigenvalue weighted by molar-refractivity contribution is -0.141. The van der Waals surface area contributed by atoms with Crippen LogP contribution in [0.3, 0.4) is 0 Å². The highest BCUT2D eigenvalue weighted by molar-refractivity contribution is 7.89. The van der Waals surface area contributed by atoms with Crippen LogP contribution in [-0.2, 0) is 24.3 Å². The van der Waals surface area contributed by atoms with E-state index < -0.39 is 56.8 Å². The van der Waals surface area contributed by atoms with Crippen LogP contribution in [0.2, 0.25) is 0 Å². The number of rotatable bonds is 5. The van der Waals surface area contributed by atoms with Crippen molar-refractivity contribution < 1.29 is 36.7 Å². The number of primary sulfonamides is 1. The van der Waals surface area contributed by atoms with Gasteiger partial charge < -0.3 is 14.5 Å². The molecule has 2 aliphatic rings. The minimum absolute atomic E-state index is 0.449. The number of nitrogens with two attached hydrogens (primary N) is 1. The Morgan fingerprint density at radius 3 is 2.59 bits per heavy atom. The van der Waals surface area contributed by atoms with Crippen LogP contribution in [0, 0.1) is 5.92 Å². The molecule has 3 rings (SSSR count). The number of sulfonamides is 1. The third-order valence-electron chi connectivity index (χ3n) is 4.92. The Bertz CT molecular complexity index is 961. The largest absolute Gasteiger partial charge is 0.450 e. The van der Waals surface area contributed by atoms with Crippen molar-refractivity contribution in [2.24, 2.45) is 11.1 Å². The summed E-state index contributed by atoms with van der Waals surface area (Å²) in [5.41, 5.74) is 1.08. The molecule has 0 atom stereocenters. The van der Waals surface area contributed by atoms with Crippen molar-refractivity contribution >= 4 is 33.8 Å². The number of ether oxygens (including phenoxy) is 1. The highest BCUT2D eigenvalue weighted by Crippen LogP contribution is 2.35. The predicted molar refractivity (Wildman–Crippen MR) is 94.2 cm³/mol. The van der Waals surface area contributed by atoms with Crippen molar-refractivity contribution in [2.75, 3.05) is 6.61 Å². The number of hydrogen-bond acceptors (Lipinski definition) is 8. The summed E-state index contributed by atoms with van der Waals surface area (Å²) < 4.78 is 31.7. The Kier molecular flexibility index (Phi) is 5.36. The lowest BCUT2D eigenvalue weighted by atomic mass is 9.77. The lowest BCUT2D eigenvalue weighted by Gasteiger charge is -2.33. The summed E-state index contributed by atoms with van der Waals surface area (Å²) >= 11 is 0. The minimum atomic E-state index is -4.13. The molecule has 1 spiro atoms. The first-order valence-corrected chi connectivity index (χ1v) is 10.3. The van der Waals surface area contributed by atoms with E-state index in [1.54, 1.807) is 0 Å². The topological polar surface area (TPSA) is 178 Å². The summed E-state index contributed by atoms with van der Waals surface area (Å²) in [7, 11) is -4.13. The summed E-state index contributed by atoms with van der Waals surface area (Å²) in [6.45, 7) is 1.23. The highest BCUT2D eigenvalue weighted by atomic mass is 32.2. The van der Waals surface area contributed by atoms with Crippen LogP contribution in [0.5, 0.6) is 0 Å². The fraction of sp³-hybridized carbons (Fsp3) is 0.500. The van der Waals surface area contributed by atoms with Gasteiger partial charge in [-0.2, -0.15) is 5.01 Å². The maximum atomic E-state index is 12.6. The molecule has 13 heteroatoms. The number of furan rings is 1. The predicted octanol–water partition coefficient (Wildman–Crippen LogP) is -0.384. The van der Waals surface area contributed by atoms with Gasteiger partial charge >= 0.3 is 12.0 Å². The number of carbonyl (C=O) groups is 4. The van der Waals surface area contributed by atoms with Gasteiger partial charge in [0, 0.05) is 0 Å². The van der Waals surface area contributed by atoms with Crippen LogP contribution >= 0.6 is 0 Å². The molecule has 1 aliphatic carbocycles.